The van der Waals surface area contributed by atoms with Gasteiger partial charge in [0.15, 0.2) is 0 Å². The van der Waals surface area contributed by atoms with Crippen LogP contribution in [0, 0.1) is 5.92 Å². The van der Waals surface area contributed by atoms with Gasteiger partial charge in [0.1, 0.15) is 0 Å². The van der Waals surface area contributed by atoms with Crippen LogP contribution in [0.25, 0.3) is 10.9 Å². The van der Waals surface area contributed by atoms with Crippen LogP contribution in [0.1, 0.15) is 17.3 Å². The number of aliphatic hydroxyl groups is 1. The second kappa shape index (κ2) is 6.11. The highest BCUT2D eigenvalue weighted by atomic mass is 79.9. The Labute approximate surface area is 144 Å². The van der Waals surface area contributed by atoms with E-state index in [2.05, 4.69) is 74.3 Å². The first kappa shape index (κ1) is 14.9. The van der Waals surface area contributed by atoms with Gasteiger partial charge in [0.25, 0.3) is 0 Å². The summed E-state index contributed by atoms with van der Waals surface area (Å²) in [6, 6.07) is 19.2. The molecule has 0 aliphatic carbocycles. The van der Waals surface area contributed by atoms with Gasteiger partial charge >= 0.3 is 0 Å². The van der Waals surface area contributed by atoms with Crippen molar-refractivity contribution in [2.75, 3.05) is 6.61 Å². The molecule has 3 nitrogen and oxygen atoms in total. The van der Waals surface area contributed by atoms with Gasteiger partial charge in [-0.3, -0.25) is 0 Å². The minimum atomic E-state index is 0.186. The molecule has 1 aliphatic rings. The van der Waals surface area contributed by atoms with Crippen LogP contribution in [0.4, 0.5) is 0 Å². The largest absolute Gasteiger partial charge is 0.396 e. The molecule has 2 heterocycles. The first-order valence-corrected chi connectivity index (χ1v) is 8.72. The number of fused-ring (bicyclic) bond motifs is 3. The number of aromatic nitrogens is 1. The van der Waals surface area contributed by atoms with E-state index in [0.717, 1.165) is 17.6 Å². The van der Waals surface area contributed by atoms with Gasteiger partial charge in [-0.15, -0.1) is 0 Å². The Morgan fingerprint density at radius 2 is 1.96 bits per heavy atom. The number of halogens is 1. The molecule has 1 aliphatic heterocycles. The normalized spacial score (nSPS) is 20.1. The van der Waals surface area contributed by atoms with Gasteiger partial charge in [0, 0.05) is 46.7 Å². The minimum absolute atomic E-state index is 0.186. The average molecular weight is 371 g/mol. The maximum Gasteiger partial charge on any atom is 0.0545 e. The van der Waals surface area contributed by atoms with Crippen LogP contribution in [0.5, 0.6) is 0 Å². The van der Waals surface area contributed by atoms with E-state index in [1.807, 2.05) is 6.07 Å². The zero-order chi connectivity index (χ0) is 15.8. The van der Waals surface area contributed by atoms with Gasteiger partial charge in [-0.05, 0) is 29.8 Å². The van der Waals surface area contributed by atoms with E-state index in [-0.39, 0.29) is 18.6 Å². The van der Waals surface area contributed by atoms with Crippen molar-refractivity contribution < 1.29 is 5.11 Å². The molecule has 0 amide bonds. The molecule has 0 spiro atoms. The quantitative estimate of drug-likeness (QED) is 0.731. The highest BCUT2D eigenvalue weighted by Crippen LogP contribution is 2.37. The Balaban J connectivity index is 1.65. The Morgan fingerprint density at radius 3 is 2.74 bits per heavy atom. The second-order valence-corrected chi connectivity index (χ2v) is 7.09. The lowest BCUT2D eigenvalue weighted by Crippen LogP contribution is -2.27. The molecule has 4 heteroatoms. The maximum absolute atomic E-state index is 9.78. The van der Waals surface area contributed by atoms with Crippen LogP contribution in [0.2, 0.25) is 0 Å². The van der Waals surface area contributed by atoms with E-state index >= 15 is 0 Å². The van der Waals surface area contributed by atoms with Crippen molar-refractivity contribution in [1.82, 2.24) is 9.88 Å². The fraction of sp³-hybridized carbons (Fsp3) is 0.263. The van der Waals surface area contributed by atoms with Crippen molar-refractivity contribution >= 4 is 26.8 Å². The van der Waals surface area contributed by atoms with Crippen LogP contribution in [0.3, 0.4) is 0 Å². The topological polar surface area (TPSA) is 37.2 Å². The summed E-state index contributed by atoms with van der Waals surface area (Å²) < 4.78 is 3.44. The molecule has 0 saturated heterocycles. The molecule has 4 rings (SSSR count). The number of aliphatic hydroxyl groups excluding tert-OH is 1. The van der Waals surface area contributed by atoms with Crippen molar-refractivity contribution in [1.29, 1.82) is 0 Å². The molecular weight excluding hydrogens is 352 g/mol. The number of benzene rings is 2. The molecule has 0 saturated carbocycles. The van der Waals surface area contributed by atoms with E-state index in [1.165, 1.54) is 22.2 Å². The van der Waals surface area contributed by atoms with Crippen LogP contribution in [0.15, 0.2) is 59.1 Å². The first-order chi connectivity index (χ1) is 11.3. The molecule has 2 N–H and O–H groups in total. The molecule has 0 radical (unpaired) electrons. The summed E-state index contributed by atoms with van der Waals surface area (Å²) in [7, 11) is 0. The fourth-order valence-corrected chi connectivity index (χ4v) is 3.94. The highest BCUT2D eigenvalue weighted by molar-refractivity contribution is 9.10. The van der Waals surface area contributed by atoms with Crippen LogP contribution < -0.4 is 5.32 Å². The van der Waals surface area contributed by atoms with Crippen LogP contribution in [-0.4, -0.2) is 16.3 Å². The van der Waals surface area contributed by atoms with E-state index in [1.54, 1.807) is 0 Å². The Bertz CT molecular complexity index is 828. The van der Waals surface area contributed by atoms with Crippen LogP contribution >= 0.6 is 15.9 Å². The summed E-state index contributed by atoms with van der Waals surface area (Å²) in [5.74, 6) is 0.224. The third-order valence-electron chi connectivity index (χ3n) is 4.71. The summed E-state index contributed by atoms with van der Waals surface area (Å²) in [5.41, 5.74) is 3.78. The molecule has 0 unspecified atom stereocenters. The van der Waals surface area contributed by atoms with Crippen molar-refractivity contribution in [3.63, 3.8) is 0 Å². The van der Waals surface area contributed by atoms with Crippen LogP contribution in [-0.2, 0) is 13.1 Å². The predicted octanol–water partition coefficient (Wildman–Crippen LogP) is 3.86. The number of hydrogen-bond acceptors (Lipinski definition) is 2. The molecular formula is C19H19BrN2O. The monoisotopic (exact) mass is 370 g/mol. The molecule has 118 valence electrons. The zero-order valence-electron chi connectivity index (χ0n) is 12.7. The van der Waals surface area contributed by atoms with E-state index in [0.29, 0.717) is 0 Å². The molecule has 23 heavy (non-hydrogen) atoms. The Hall–Kier alpha value is -1.62. The summed E-state index contributed by atoms with van der Waals surface area (Å²) in [6.45, 7) is 1.88. The fourth-order valence-electron chi connectivity index (χ4n) is 3.56. The Morgan fingerprint density at radius 1 is 1.13 bits per heavy atom. The molecule has 2 atom stereocenters. The lowest BCUT2D eigenvalue weighted by molar-refractivity contribution is 0.194. The second-order valence-electron chi connectivity index (χ2n) is 6.17. The van der Waals surface area contributed by atoms with Gasteiger partial charge < -0.3 is 15.0 Å². The first-order valence-electron chi connectivity index (χ1n) is 7.93. The van der Waals surface area contributed by atoms with Crippen molar-refractivity contribution in [3.8, 4) is 0 Å². The van der Waals surface area contributed by atoms with E-state index in [4.69, 9.17) is 0 Å². The van der Waals surface area contributed by atoms with Crippen molar-refractivity contribution in [2.24, 2.45) is 5.92 Å². The molecule has 2 aromatic carbocycles. The third-order valence-corrected chi connectivity index (χ3v) is 5.20. The summed E-state index contributed by atoms with van der Waals surface area (Å²) in [6.07, 6.45) is 0. The standard InChI is InChI=1S/C19H19BrN2O/c20-16-6-7-17-14(8-16)9-18-19(15(12-23)11-22(17)18)21-10-13-4-2-1-3-5-13/h1-9,15,19,21,23H,10-12H2/t15-,19+/m0/s1. The molecule has 0 fully saturated rings. The van der Waals surface area contributed by atoms with Gasteiger partial charge in [0.05, 0.1) is 6.04 Å². The van der Waals surface area contributed by atoms with E-state index in [9.17, 15) is 5.11 Å². The lowest BCUT2D eigenvalue weighted by atomic mass is 10.0. The van der Waals surface area contributed by atoms with Gasteiger partial charge in [-0.2, -0.15) is 0 Å². The number of nitrogens with one attached hydrogen (secondary N) is 1. The SMILES string of the molecule is OC[C@@H]1Cn2c(cc3cc(Br)ccc32)[C@@H]1NCc1ccccc1. The molecule has 1 aromatic heterocycles. The number of hydrogen-bond donors (Lipinski definition) is 2. The number of nitrogens with zero attached hydrogens (tertiary/aromatic N) is 1. The van der Waals surface area contributed by atoms with E-state index < -0.39 is 0 Å². The molecule has 3 aromatic rings. The summed E-state index contributed by atoms with van der Waals surface area (Å²) >= 11 is 3.54. The van der Waals surface area contributed by atoms with Gasteiger partial charge in [0.2, 0.25) is 0 Å². The minimum Gasteiger partial charge on any atom is -0.396 e. The lowest BCUT2D eigenvalue weighted by Gasteiger charge is -2.19. The van der Waals surface area contributed by atoms with Gasteiger partial charge in [-0.25, -0.2) is 0 Å². The predicted molar refractivity (Wildman–Crippen MR) is 96.2 cm³/mol. The smallest absolute Gasteiger partial charge is 0.0545 e. The Kier molecular flexibility index (Phi) is 3.97. The number of rotatable bonds is 4. The molecule has 0 bridgehead atoms. The van der Waals surface area contributed by atoms with Crippen molar-refractivity contribution in [2.45, 2.75) is 19.1 Å². The van der Waals surface area contributed by atoms with Crippen molar-refractivity contribution in [3.05, 3.63) is 70.3 Å². The zero-order valence-corrected chi connectivity index (χ0v) is 14.3. The summed E-state index contributed by atoms with van der Waals surface area (Å²) in [5, 5.41) is 14.7. The highest BCUT2D eigenvalue weighted by Gasteiger charge is 2.33. The summed E-state index contributed by atoms with van der Waals surface area (Å²) in [4.78, 5) is 0. The van der Waals surface area contributed by atoms with Gasteiger partial charge in [-0.1, -0.05) is 46.3 Å². The maximum atomic E-state index is 9.78. The average Bonchev–Trinajstić information content (AvgIpc) is 3.08. The third kappa shape index (κ3) is 2.71.